The maximum Gasteiger partial charge on any atom is 0.225 e. The Labute approximate surface area is 199 Å². The number of benzene rings is 2. The van der Waals surface area contributed by atoms with Crippen molar-refractivity contribution in [2.45, 2.75) is 43.5 Å². The number of epoxide rings is 1. The number of para-hydroxylation sites is 2. The highest BCUT2D eigenvalue weighted by atomic mass is 16.6. The predicted molar refractivity (Wildman–Crippen MR) is 136 cm³/mol. The Morgan fingerprint density at radius 2 is 1.53 bits per heavy atom. The summed E-state index contributed by atoms with van der Waals surface area (Å²) in [6.45, 7) is 0.675. The molecular formula is C27H30N6O. The molecule has 0 amide bonds. The molecular weight excluding hydrogens is 424 g/mol. The summed E-state index contributed by atoms with van der Waals surface area (Å²) >= 11 is 0. The first-order valence-corrected chi connectivity index (χ1v) is 12.1. The standard InChI is InChI=1S/C27H30N6O/c1-33(2)25-21-8-4-6-10-23(21)30-26(31-25)28-19-12-14-20(15-13-19)32-27(17-34-27)24-16-11-18-7-3-5-9-22(18)29-24/h3-11,16,19-20,32H,12-15,17H2,1-2H3,(H,28,30,31). The van der Waals surface area contributed by atoms with Crippen molar-refractivity contribution in [1.82, 2.24) is 20.3 Å². The van der Waals surface area contributed by atoms with E-state index in [9.17, 15) is 0 Å². The fourth-order valence-corrected chi connectivity index (χ4v) is 5.03. The van der Waals surface area contributed by atoms with Gasteiger partial charge in [0.2, 0.25) is 5.95 Å². The molecule has 1 saturated carbocycles. The lowest BCUT2D eigenvalue weighted by Gasteiger charge is -2.31. The topological polar surface area (TPSA) is 78.5 Å². The first-order chi connectivity index (χ1) is 16.6. The number of nitrogens with one attached hydrogen (secondary N) is 2. The number of aromatic nitrogens is 3. The molecule has 0 spiro atoms. The third-order valence-electron chi connectivity index (χ3n) is 6.95. The van der Waals surface area contributed by atoms with Gasteiger partial charge in [0.25, 0.3) is 0 Å². The number of hydrogen-bond acceptors (Lipinski definition) is 7. The molecule has 4 aromatic rings. The van der Waals surface area contributed by atoms with Crippen molar-refractivity contribution in [2.75, 3.05) is 30.9 Å². The lowest BCUT2D eigenvalue weighted by atomic mass is 9.90. The number of fused-ring (bicyclic) bond motifs is 2. The molecule has 174 valence electrons. The van der Waals surface area contributed by atoms with Crippen molar-refractivity contribution in [1.29, 1.82) is 0 Å². The van der Waals surface area contributed by atoms with Gasteiger partial charge in [0.1, 0.15) is 5.82 Å². The molecule has 1 saturated heterocycles. The molecule has 0 radical (unpaired) electrons. The lowest BCUT2D eigenvalue weighted by molar-refractivity contribution is 0.205. The molecule has 2 aromatic carbocycles. The fraction of sp³-hybridized carbons (Fsp3) is 0.370. The highest BCUT2D eigenvalue weighted by Gasteiger charge is 2.49. The average Bonchev–Trinajstić information content (AvgIpc) is 3.65. The van der Waals surface area contributed by atoms with E-state index in [1.54, 1.807) is 0 Å². The van der Waals surface area contributed by atoms with E-state index >= 15 is 0 Å². The average molecular weight is 455 g/mol. The Morgan fingerprint density at radius 3 is 2.29 bits per heavy atom. The van der Waals surface area contributed by atoms with E-state index in [0.29, 0.717) is 24.6 Å². The molecule has 0 bridgehead atoms. The second kappa shape index (κ2) is 8.49. The largest absolute Gasteiger partial charge is 0.362 e. The van der Waals surface area contributed by atoms with Crippen molar-refractivity contribution in [2.24, 2.45) is 0 Å². The minimum absolute atomic E-state index is 0.365. The van der Waals surface area contributed by atoms with Crippen molar-refractivity contribution < 1.29 is 4.74 Å². The number of pyridine rings is 1. The van der Waals surface area contributed by atoms with E-state index in [2.05, 4.69) is 41.0 Å². The molecule has 3 heterocycles. The van der Waals surface area contributed by atoms with Gasteiger partial charge in [0, 0.05) is 37.0 Å². The summed E-state index contributed by atoms with van der Waals surface area (Å²) in [6.07, 6.45) is 4.27. The second-order valence-electron chi connectivity index (χ2n) is 9.62. The van der Waals surface area contributed by atoms with Gasteiger partial charge in [0.15, 0.2) is 5.72 Å². The van der Waals surface area contributed by atoms with Gasteiger partial charge in [-0.1, -0.05) is 36.4 Å². The van der Waals surface area contributed by atoms with Crippen molar-refractivity contribution in [3.63, 3.8) is 0 Å². The molecule has 34 heavy (non-hydrogen) atoms. The van der Waals surface area contributed by atoms with Gasteiger partial charge in [-0.15, -0.1) is 0 Å². The normalized spacial score (nSPS) is 24.3. The molecule has 1 unspecified atom stereocenters. The van der Waals surface area contributed by atoms with Gasteiger partial charge < -0.3 is 15.0 Å². The van der Waals surface area contributed by atoms with E-state index in [0.717, 1.165) is 59.0 Å². The zero-order valence-electron chi connectivity index (χ0n) is 19.7. The highest BCUT2D eigenvalue weighted by Crippen LogP contribution is 2.37. The molecule has 2 aromatic heterocycles. The quantitative estimate of drug-likeness (QED) is 0.417. The molecule has 7 nitrogen and oxygen atoms in total. The first-order valence-electron chi connectivity index (χ1n) is 12.1. The summed E-state index contributed by atoms with van der Waals surface area (Å²) < 4.78 is 5.92. The van der Waals surface area contributed by atoms with Crippen LogP contribution in [0.3, 0.4) is 0 Å². The van der Waals surface area contributed by atoms with E-state index in [4.69, 9.17) is 19.7 Å². The lowest BCUT2D eigenvalue weighted by Crippen LogP contribution is -2.43. The Hall–Kier alpha value is -3.29. The number of hydrogen-bond donors (Lipinski definition) is 2. The Balaban J connectivity index is 1.11. The smallest absolute Gasteiger partial charge is 0.225 e. The third-order valence-corrected chi connectivity index (χ3v) is 6.95. The van der Waals surface area contributed by atoms with Crippen LogP contribution in [0.2, 0.25) is 0 Å². The van der Waals surface area contributed by atoms with Crippen LogP contribution in [-0.2, 0) is 10.5 Å². The monoisotopic (exact) mass is 454 g/mol. The Bertz CT molecular complexity index is 1330. The summed E-state index contributed by atoms with van der Waals surface area (Å²) in [5.74, 6) is 1.65. The summed E-state index contributed by atoms with van der Waals surface area (Å²) in [6, 6.07) is 21.4. The van der Waals surface area contributed by atoms with Crippen LogP contribution in [0, 0.1) is 0 Å². The zero-order chi connectivity index (χ0) is 23.1. The molecule has 2 fully saturated rings. The summed E-state index contributed by atoms with van der Waals surface area (Å²) in [5, 5.41) is 9.60. The van der Waals surface area contributed by atoms with Gasteiger partial charge in [-0.2, -0.15) is 4.98 Å². The molecule has 6 rings (SSSR count). The maximum absolute atomic E-state index is 5.92. The van der Waals surface area contributed by atoms with Gasteiger partial charge in [-0.3, -0.25) is 5.32 Å². The number of ether oxygens (including phenoxy) is 1. The SMILES string of the molecule is CN(C)c1nc(NC2CCC(NC3(c4ccc5ccccc5n4)CO3)CC2)nc2ccccc12. The van der Waals surface area contributed by atoms with Crippen molar-refractivity contribution in [3.05, 3.63) is 66.4 Å². The van der Waals surface area contributed by atoms with Gasteiger partial charge in [0.05, 0.1) is 23.3 Å². The first kappa shape index (κ1) is 21.3. The van der Waals surface area contributed by atoms with E-state index in [1.807, 2.05) is 49.3 Å². The van der Waals surface area contributed by atoms with Gasteiger partial charge >= 0.3 is 0 Å². The number of anilines is 2. The third kappa shape index (κ3) is 4.06. The minimum atomic E-state index is -0.433. The van der Waals surface area contributed by atoms with E-state index < -0.39 is 5.72 Å². The van der Waals surface area contributed by atoms with Crippen LogP contribution in [0.15, 0.2) is 60.7 Å². The van der Waals surface area contributed by atoms with E-state index in [-0.39, 0.29) is 0 Å². The van der Waals surface area contributed by atoms with Crippen LogP contribution in [0.25, 0.3) is 21.8 Å². The van der Waals surface area contributed by atoms with Crippen LogP contribution in [0.1, 0.15) is 31.4 Å². The van der Waals surface area contributed by atoms with Crippen molar-refractivity contribution >= 4 is 33.6 Å². The molecule has 1 atom stereocenters. The number of rotatable bonds is 6. The summed E-state index contributed by atoms with van der Waals surface area (Å²) in [5.41, 5.74) is 2.52. The Kier molecular flexibility index (Phi) is 5.31. The van der Waals surface area contributed by atoms with E-state index in [1.165, 1.54) is 0 Å². The van der Waals surface area contributed by atoms with Crippen LogP contribution >= 0.6 is 0 Å². The highest BCUT2D eigenvalue weighted by molar-refractivity contribution is 5.90. The van der Waals surface area contributed by atoms with Crippen LogP contribution in [-0.4, -0.2) is 47.7 Å². The Morgan fingerprint density at radius 1 is 0.824 bits per heavy atom. The minimum Gasteiger partial charge on any atom is -0.362 e. The number of nitrogens with zero attached hydrogens (tertiary/aromatic N) is 4. The van der Waals surface area contributed by atoms with Crippen LogP contribution in [0.5, 0.6) is 0 Å². The molecule has 2 N–H and O–H groups in total. The zero-order valence-corrected chi connectivity index (χ0v) is 19.7. The molecule has 1 aliphatic heterocycles. The summed E-state index contributed by atoms with van der Waals surface area (Å²) in [7, 11) is 4.05. The second-order valence-corrected chi connectivity index (χ2v) is 9.62. The van der Waals surface area contributed by atoms with Gasteiger partial charge in [-0.25, -0.2) is 9.97 Å². The maximum atomic E-state index is 5.92. The summed E-state index contributed by atoms with van der Waals surface area (Å²) in [4.78, 5) is 16.5. The molecule has 1 aliphatic carbocycles. The predicted octanol–water partition coefficient (Wildman–Crippen LogP) is 4.44. The van der Waals surface area contributed by atoms with Crippen LogP contribution in [0.4, 0.5) is 11.8 Å². The van der Waals surface area contributed by atoms with Crippen molar-refractivity contribution in [3.8, 4) is 0 Å². The molecule has 2 aliphatic rings. The van der Waals surface area contributed by atoms with Gasteiger partial charge in [-0.05, 0) is 49.9 Å². The van der Waals surface area contributed by atoms with Crippen LogP contribution < -0.4 is 15.5 Å². The fourth-order valence-electron chi connectivity index (χ4n) is 5.03. The molecule has 7 heteroatoms.